The molecule has 0 amide bonds. The minimum Gasteiger partial charge on any atom is -0.370 e. The lowest BCUT2D eigenvalue weighted by Crippen LogP contribution is -2.30. The minimum atomic E-state index is 0.503. The Labute approximate surface area is 128 Å². The van der Waals surface area contributed by atoms with E-state index >= 15 is 0 Å². The van der Waals surface area contributed by atoms with Crippen molar-refractivity contribution in [3.63, 3.8) is 0 Å². The molecule has 2 bridgehead atoms. The molecule has 21 heavy (non-hydrogen) atoms. The smallest absolute Gasteiger partial charge is 0.134 e. The molecule has 1 aromatic heterocycles. The summed E-state index contributed by atoms with van der Waals surface area (Å²) in [5.41, 5.74) is 1.14. The fourth-order valence-corrected chi connectivity index (χ4v) is 4.34. The van der Waals surface area contributed by atoms with Gasteiger partial charge >= 0.3 is 0 Å². The van der Waals surface area contributed by atoms with Crippen LogP contribution in [0.4, 0.5) is 11.6 Å². The summed E-state index contributed by atoms with van der Waals surface area (Å²) < 4.78 is 0. The van der Waals surface area contributed by atoms with E-state index in [9.17, 15) is 0 Å². The highest BCUT2D eigenvalue weighted by atomic mass is 15.1. The zero-order chi connectivity index (χ0) is 15.0. The molecule has 0 saturated heterocycles. The first kappa shape index (κ1) is 14.6. The zero-order valence-corrected chi connectivity index (χ0v) is 13.7. The SMILES string of the molecule is CCNc1nc(C)nc(NC(C)C2CC3CCC2C3)c1C. The highest BCUT2D eigenvalue weighted by molar-refractivity contribution is 5.57. The maximum atomic E-state index is 4.63. The van der Waals surface area contributed by atoms with Gasteiger partial charge in [0.25, 0.3) is 0 Å². The molecule has 2 N–H and O–H groups in total. The summed E-state index contributed by atoms with van der Waals surface area (Å²) in [5, 5.41) is 7.02. The van der Waals surface area contributed by atoms with Crippen LogP contribution in [0.15, 0.2) is 0 Å². The third kappa shape index (κ3) is 2.85. The van der Waals surface area contributed by atoms with Gasteiger partial charge in [0.15, 0.2) is 0 Å². The van der Waals surface area contributed by atoms with E-state index in [1.54, 1.807) is 0 Å². The maximum absolute atomic E-state index is 4.63. The molecular formula is C17H28N4. The van der Waals surface area contributed by atoms with Gasteiger partial charge in [-0.15, -0.1) is 0 Å². The fourth-order valence-electron chi connectivity index (χ4n) is 4.34. The maximum Gasteiger partial charge on any atom is 0.134 e. The second kappa shape index (κ2) is 5.82. The summed E-state index contributed by atoms with van der Waals surface area (Å²) in [6.45, 7) is 9.39. The van der Waals surface area contributed by atoms with Gasteiger partial charge in [-0.3, -0.25) is 0 Å². The van der Waals surface area contributed by atoms with Gasteiger partial charge in [0, 0.05) is 18.2 Å². The number of nitrogens with zero attached hydrogens (tertiary/aromatic N) is 2. The van der Waals surface area contributed by atoms with Crippen molar-refractivity contribution in [1.29, 1.82) is 0 Å². The van der Waals surface area contributed by atoms with Gasteiger partial charge < -0.3 is 10.6 Å². The van der Waals surface area contributed by atoms with Crippen molar-refractivity contribution >= 4 is 11.6 Å². The molecule has 0 radical (unpaired) electrons. The summed E-state index contributed by atoms with van der Waals surface area (Å²) in [6.07, 6.45) is 5.76. The van der Waals surface area contributed by atoms with Gasteiger partial charge in [0.05, 0.1) is 0 Å². The molecule has 3 rings (SSSR count). The highest BCUT2D eigenvalue weighted by Gasteiger charge is 2.41. The first-order chi connectivity index (χ1) is 10.1. The predicted octanol–water partition coefficient (Wildman–Crippen LogP) is 3.76. The van der Waals surface area contributed by atoms with Crippen LogP contribution in [0.1, 0.15) is 50.9 Å². The summed E-state index contributed by atoms with van der Waals surface area (Å²) in [7, 11) is 0. The van der Waals surface area contributed by atoms with E-state index in [4.69, 9.17) is 0 Å². The van der Waals surface area contributed by atoms with Crippen molar-refractivity contribution in [1.82, 2.24) is 9.97 Å². The molecule has 2 saturated carbocycles. The number of fused-ring (bicyclic) bond motifs is 2. The fraction of sp³-hybridized carbons (Fsp3) is 0.765. The van der Waals surface area contributed by atoms with Gasteiger partial charge in [-0.05, 0) is 64.7 Å². The summed E-state index contributed by atoms with van der Waals surface area (Å²) in [4.78, 5) is 9.13. The van der Waals surface area contributed by atoms with Gasteiger partial charge in [-0.1, -0.05) is 6.42 Å². The van der Waals surface area contributed by atoms with Crippen LogP contribution in [0.5, 0.6) is 0 Å². The van der Waals surface area contributed by atoms with Crippen molar-refractivity contribution in [2.24, 2.45) is 17.8 Å². The number of rotatable bonds is 5. The van der Waals surface area contributed by atoms with Crippen LogP contribution < -0.4 is 10.6 Å². The van der Waals surface area contributed by atoms with Crippen molar-refractivity contribution < 1.29 is 0 Å². The van der Waals surface area contributed by atoms with Crippen LogP contribution >= 0.6 is 0 Å². The van der Waals surface area contributed by atoms with Crippen LogP contribution in [0.3, 0.4) is 0 Å². The van der Waals surface area contributed by atoms with Crippen molar-refractivity contribution in [2.45, 2.75) is 59.4 Å². The summed E-state index contributed by atoms with van der Waals surface area (Å²) in [6, 6.07) is 0.503. The van der Waals surface area contributed by atoms with E-state index in [0.717, 1.165) is 47.3 Å². The number of aromatic nitrogens is 2. The highest BCUT2D eigenvalue weighted by Crippen LogP contribution is 2.49. The quantitative estimate of drug-likeness (QED) is 0.866. The van der Waals surface area contributed by atoms with E-state index in [2.05, 4.69) is 41.4 Å². The van der Waals surface area contributed by atoms with Crippen molar-refractivity contribution in [3.8, 4) is 0 Å². The van der Waals surface area contributed by atoms with E-state index in [1.165, 1.54) is 25.7 Å². The minimum absolute atomic E-state index is 0.503. The molecule has 0 aliphatic heterocycles. The average molecular weight is 288 g/mol. The molecule has 0 spiro atoms. The Morgan fingerprint density at radius 3 is 2.52 bits per heavy atom. The topological polar surface area (TPSA) is 49.8 Å². The van der Waals surface area contributed by atoms with Crippen molar-refractivity contribution in [2.75, 3.05) is 17.2 Å². The molecule has 0 aromatic carbocycles. The lowest BCUT2D eigenvalue weighted by molar-refractivity contribution is 0.304. The number of hydrogen-bond acceptors (Lipinski definition) is 4. The Kier molecular flexibility index (Phi) is 4.05. The van der Waals surface area contributed by atoms with Gasteiger partial charge in [-0.25, -0.2) is 9.97 Å². The standard InChI is InChI=1S/C17H28N4/c1-5-18-16-10(2)17(21-12(4)20-16)19-11(3)15-9-13-6-7-14(15)8-13/h11,13-15H,5-9H2,1-4H3,(H2,18,19,20,21). The predicted molar refractivity (Wildman–Crippen MR) is 87.7 cm³/mol. The Morgan fingerprint density at radius 1 is 1.14 bits per heavy atom. The second-order valence-electron chi connectivity index (χ2n) is 6.90. The molecule has 4 atom stereocenters. The monoisotopic (exact) mass is 288 g/mol. The van der Waals surface area contributed by atoms with Gasteiger partial charge in [0.1, 0.15) is 17.5 Å². The van der Waals surface area contributed by atoms with Crippen LogP contribution in [0, 0.1) is 31.6 Å². The molecule has 1 aromatic rings. The molecule has 116 valence electrons. The molecule has 2 aliphatic carbocycles. The Balaban J connectivity index is 1.75. The number of aryl methyl sites for hydroxylation is 1. The lowest BCUT2D eigenvalue weighted by Gasteiger charge is -2.29. The number of nitrogens with one attached hydrogen (secondary N) is 2. The van der Waals surface area contributed by atoms with Crippen LogP contribution in [-0.4, -0.2) is 22.6 Å². The molecule has 4 heteroatoms. The summed E-state index contributed by atoms with van der Waals surface area (Å²) >= 11 is 0. The molecule has 2 fully saturated rings. The lowest BCUT2D eigenvalue weighted by atomic mass is 9.84. The largest absolute Gasteiger partial charge is 0.370 e. The molecule has 4 unspecified atom stereocenters. The van der Waals surface area contributed by atoms with Crippen LogP contribution in [-0.2, 0) is 0 Å². The average Bonchev–Trinajstić information content (AvgIpc) is 3.06. The van der Waals surface area contributed by atoms with Crippen LogP contribution in [0.25, 0.3) is 0 Å². The third-order valence-corrected chi connectivity index (χ3v) is 5.40. The van der Waals surface area contributed by atoms with E-state index in [0.29, 0.717) is 6.04 Å². The van der Waals surface area contributed by atoms with Crippen LogP contribution in [0.2, 0.25) is 0 Å². The Hall–Kier alpha value is -1.32. The summed E-state index contributed by atoms with van der Waals surface area (Å²) in [5.74, 6) is 5.56. The Morgan fingerprint density at radius 2 is 1.90 bits per heavy atom. The second-order valence-corrected chi connectivity index (χ2v) is 6.90. The third-order valence-electron chi connectivity index (χ3n) is 5.40. The van der Waals surface area contributed by atoms with Gasteiger partial charge in [0.2, 0.25) is 0 Å². The number of anilines is 2. The van der Waals surface area contributed by atoms with E-state index < -0.39 is 0 Å². The molecular weight excluding hydrogens is 260 g/mol. The molecule has 4 nitrogen and oxygen atoms in total. The van der Waals surface area contributed by atoms with Crippen molar-refractivity contribution in [3.05, 3.63) is 11.4 Å². The van der Waals surface area contributed by atoms with E-state index in [1.807, 2.05) is 6.92 Å². The first-order valence-electron chi connectivity index (χ1n) is 8.44. The first-order valence-corrected chi connectivity index (χ1v) is 8.44. The molecule has 1 heterocycles. The van der Waals surface area contributed by atoms with Gasteiger partial charge in [-0.2, -0.15) is 0 Å². The van der Waals surface area contributed by atoms with E-state index in [-0.39, 0.29) is 0 Å². The number of hydrogen-bond donors (Lipinski definition) is 2. The zero-order valence-electron chi connectivity index (χ0n) is 13.7. The normalized spacial score (nSPS) is 28.7. The Bertz CT molecular complexity index is 514. The molecule has 2 aliphatic rings.